The number of nitrogens with zero attached hydrogens (tertiary/aromatic N) is 5. The van der Waals surface area contributed by atoms with Gasteiger partial charge < -0.3 is 9.80 Å². The van der Waals surface area contributed by atoms with Crippen molar-refractivity contribution in [3.63, 3.8) is 0 Å². The Labute approximate surface area is 115 Å². The van der Waals surface area contributed by atoms with Crippen molar-refractivity contribution in [3.05, 3.63) is 40.7 Å². The third-order valence-corrected chi connectivity index (χ3v) is 3.37. The van der Waals surface area contributed by atoms with Gasteiger partial charge in [-0.2, -0.15) is 5.10 Å². The molecule has 0 spiro atoms. The Balaban J connectivity index is 1.70. The van der Waals surface area contributed by atoms with Crippen LogP contribution in [0.15, 0.2) is 30.6 Å². The lowest BCUT2D eigenvalue weighted by Gasteiger charge is -2.35. The van der Waals surface area contributed by atoms with E-state index in [1.165, 1.54) is 6.20 Å². The van der Waals surface area contributed by atoms with Crippen LogP contribution in [0.25, 0.3) is 0 Å². The van der Waals surface area contributed by atoms with Crippen molar-refractivity contribution in [2.45, 2.75) is 0 Å². The predicted octanol–water partition coefficient (Wildman–Crippen LogP) is 1.04. The molecule has 3 rings (SSSR count). The number of nitro groups is 1. The molecule has 0 radical (unpaired) electrons. The van der Waals surface area contributed by atoms with E-state index in [0.717, 1.165) is 18.9 Å². The minimum atomic E-state index is -0.413. The summed E-state index contributed by atoms with van der Waals surface area (Å²) in [6, 6.07) is 5.80. The lowest BCUT2D eigenvalue weighted by Crippen LogP contribution is -2.47. The Morgan fingerprint density at radius 2 is 1.95 bits per heavy atom. The molecule has 0 atom stereocenters. The van der Waals surface area contributed by atoms with Gasteiger partial charge in [0, 0.05) is 32.4 Å². The highest BCUT2D eigenvalue weighted by molar-refractivity contribution is 5.57. The van der Waals surface area contributed by atoms with Gasteiger partial charge in [0.1, 0.15) is 12.0 Å². The zero-order chi connectivity index (χ0) is 13.9. The van der Waals surface area contributed by atoms with Crippen LogP contribution in [0.3, 0.4) is 0 Å². The van der Waals surface area contributed by atoms with Gasteiger partial charge >= 0.3 is 5.69 Å². The molecule has 0 bridgehead atoms. The number of rotatable bonds is 3. The highest BCUT2D eigenvalue weighted by Crippen LogP contribution is 2.26. The van der Waals surface area contributed by atoms with Crippen LogP contribution in [-0.2, 0) is 0 Å². The second kappa shape index (κ2) is 5.16. The van der Waals surface area contributed by atoms with E-state index in [1.54, 1.807) is 6.20 Å². The molecule has 8 heteroatoms. The normalized spacial score (nSPS) is 15.4. The summed E-state index contributed by atoms with van der Waals surface area (Å²) < 4.78 is 0. The summed E-state index contributed by atoms with van der Waals surface area (Å²) in [4.78, 5) is 18.9. The molecule has 1 fully saturated rings. The van der Waals surface area contributed by atoms with E-state index in [1.807, 2.05) is 23.1 Å². The fraction of sp³-hybridized carbons (Fsp3) is 0.333. The molecule has 8 nitrogen and oxygen atoms in total. The predicted molar refractivity (Wildman–Crippen MR) is 73.9 cm³/mol. The second-order valence-electron chi connectivity index (χ2n) is 4.52. The lowest BCUT2D eigenvalue weighted by atomic mass is 10.3. The number of piperazine rings is 1. The highest BCUT2D eigenvalue weighted by atomic mass is 16.6. The molecule has 0 aliphatic carbocycles. The summed E-state index contributed by atoms with van der Waals surface area (Å²) in [5.74, 6) is 1.42. The molecule has 0 aromatic carbocycles. The van der Waals surface area contributed by atoms with Crippen LogP contribution in [0, 0.1) is 10.1 Å². The van der Waals surface area contributed by atoms with Gasteiger partial charge in [0.15, 0.2) is 0 Å². The first-order valence-corrected chi connectivity index (χ1v) is 6.34. The van der Waals surface area contributed by atoms with E-state index in [0.29, 0.717) is 18.9 Å². The number of hydrogen-bond donors (Lipinski definition) is 1. The van der Waals surface area contributed by atoms with Crippen LogP contribution in [0.5, 0.6) is 0 Å². The van der Waals surface area contributed by atoms with Gasteiger partial charge in [0.25, 0.3) is 0 Å². The molecule has 1 saturated heterocycles. The number of nitrogens with one attached hydrogen (secondary N) is 1. The zero-order valence-electron chi connectivity index (χ0n) is 10.8. The van der Waals surface area contributed by atoms with Crippen molar-refractivity contribution in [1.29, 1.82) is 0 Å². The summed E-state index contributed by atoms with van der Waals surface area (Å²) in [6.45, 7) is 2.93. The number of hydrogen-bond acceptors (Lipinski definition) is 6. The number of aromatic nitrogens is 3. The maximum atomic E-state index is 10.9. The molecule has 3 heterocycles. The summed E-state index contributed by atoms with van der Waals surface area (Å²) in [5.41, 5.74) is 0.0243. The molecular formula is C12H14N6O2. The SMILES string of the molecule is O=[N+]([O-])c1cn[nH]c1N1CCN(c2ccccn2)CC1. The second-order valence-corrected chi connectivity index (χ2v) is 4.52. The fourth-order valence-corrected chi connectivity index (χ4v) is 2.34. The Bertz CT molecular complexity index is 591. The van der Waals surface area contributed by atoms with Crippen molar-refractivity contribution >= 4 is 17.3 Å². The number of H-pyrrole nitrogens is 1. The van der Waals surface area contributed by atoms with Gasteiger partial charge in [-0.05, 0) is 12.1 Å². The molecule has 0 amide bonds. The van der Waals surface area contributed by atoms with Crippen molar-refractivity contribution in [1.82, 2.24) is 15.2 Å². The largest absolute Gasteiger partial charge is 0.353 e. The van der Waals surface area contributed by atoms with E-state index in [2.05, 4.69) is 20.1 Å². The van der Waals surface area contributed by atoms with E-state index in [9.17, 15) is 10.1 Å². The van der Waals surface area contributed by atoms with Crippen molar-refractivity contribution < 1.29 is 4.92 Å². The van der Waals surface area contributed by atoms with Gasteiger partial charge in [-0.15, -0.1) is 0 Å². The third kappa shape index (κ3) is 2.27. The molecule has 20 heavy (non-hydrogen) atoms. The van der Waals surface area contributed by atoms with Gasteiger partial charge in [-0.3, -0.25) is 15.2 Å². The monoisotopic (exact) mass is 274 g/mol. The lowest BCUT2D eigenvalue weighted by molar-refractivity contribution is -0.384. The van der Waals surface area contributed by atoms with Crippen LogP contribution < -0.4 is 9.80 Å². The molecule has 1 aliphatic rings. The smallest absolute Gasteiger partial charge is 0.330 e. The first kappa shape index (κ1) is 12.4. The third-order valence-electron chi connectivity index (χ3n) is 3.37. The number of anilines is 2. The van der Waals surface area contributed by atoms with Crippen LogP contribution in [0.1, 0.15) is 0 Å². The van der Waals surface area contributed by atoms with Crippen LogP contribution in [0.4, 0.5) is 17.3 Å². The maximum absolute atomic E-state index is 10.9. The number of aromatic amines is 1. The number of pyridine rings is 1. The molecule has 1 N–H and O–H groups in total. The first-order valence-electron chi connectivity index (χ1n) is 6.34. The summed E-state index contributed by atoms with van der Waals surface area (Å²) >= 11 is 0. The Morgan fingerprint density at radius 3 is 2.60 bits per heavy atom. The highest BCUT2D eigenvalue weighted by Gasteiger charge is 2.25. The van der Waals surface area contributed by atoms with E-state index >= 15 is 0 Å². The summed E-state index contributed by atoms with van der Waals surface area (Å²) in [6.07, 6.45) is 3.02. The van der Waals surface area contributed by atoms with Crippen LogP contribution >= 0.6 is 0 Å². The Kier molecular flexibility index (Phi) is 3.20. The van der Waals surface area contributed by atoms with Gasteiger partial charge in [-0.25, -0.2) is 4.98 Å². The average molecular weight is 274 g/mol. The van der Waals surface area contributed by atoms with E-state index < -0.39 is 4.92 Å². The fourth-order valence-electron chi connectivity index (χ4n) is 2.34. The minimum Gasteiger partial charge on any atom is -0.353 e. The molecule has 1 aliphatic heterocycles. The van der Waals surface area contributed by atoms with E-state index in [4.69, 9.17) is 0 Å². The quantitative estimate of drug-likeness (QED) is 0.664. The molecule has 104 valence electrons. The van der Waals surface area contributed by atoms with Crippen LogP contribution in [-0.4, -0.2) is 46.3 Å². The first-order chi connectivity index (χ1) is 9.75. The zero-order valence-corrected chi connectivity index (χ0v) is 10.8. The van der Waals surface area contributed by atoms with Gasteiger partial charge in [-0.1, -0.05) is 6.07 Å². The van der Waals surface area contributed by atoms with Crippen LogP contribution in [0.2, 0.25) is 0 Å². The molecular weight excluding hydrogens is 260 g/mol. The minimum absolute atomic E-state index is 0.0243. The van der Waals surface area contributed by atoms with Gasteiger partial charge in [0.2, 0.25) is 5.82 Å². The molecule has 0 unspecified atom stereocenters. The van der Waals surface area contributed by atoms with Gasteiger partial charge in [0.05, 0.1) is 4.92 Å². The van der Waals surface area contributed by atoms with Crippen molar-refractivity contribution in [2.75, 3.05) is 36.0 Å². The molecule has 2 aromatic rings. The Hall–Kier alpha value is -2.64. The van der Waals surface area contributed by atoms with Crippen molar-refractivity contribution in [2.24, 2.45) is 0 Å². The molecule has 2 aromatic heterocycles. The topological polar surface area (TPSA) is 91.2 Å². The summed E-state index contributed by atoms with van der Waals surface area (Å²) in [7, 11) is 0. The average Bonchev–Trinajstić information content (AvgIpc) is 2.98. The summed E-state index contributed by atoms with van der Waals surface area (Å²) in [5, 5.41) is 17.4. The van der Waals surface area contributed by atoms with E-state index in [-0.39, 0.29) is 5.69 Å². The maximum Gasteiger partial charge on any atom is 0.330 e. The Morgan fingerprint density at radius 1 is 1.20 bits per heavy atom. The van der Waals surface area contributed by atoms with Crippen molar-refractivity contribution in [3.8, 4) is 0 Å². The molecule has 0 saturated carbocycles. The standard InChI is InChI=1S/C12H14N6O2/c19-18(20)10-9-14-15-12(10)17-7-5-16(6-8-17)11-3-1-2-4-13-11/h1-4,9H,5-8H2,(H,14,15).